The minimum absolute atomic E-state index is 1.10. The Balaban J connectivity index is 1.07. The third kappa shape index (κ3) is 6.06. The zero-order valence-corrected chi connectivity index (χ0v) is 36.3. The lowest BCUT2D eigenvalue weighted by atomic mass is 9.91. The van der Waals surface area contributed by atoms with Crippen molar-refractivity contribution in [3.8, 4) is 44.5 Å². The highest BCUT2D eigenvalue weighted by Gasteiger charge is 2.49. The lowest BCUT2D eigenvalue weighted by Crippen LogP contribution is -2.73. The molecule has 0 unspecified atom stereocenters. The van der Waals surface area contributed by atoms with Gasteiger partial charge in [-0.2, -0.15) is 0 Å². The van der Waals surface area contributed by atoms with Gasteiger partial charge in [-0.3, -0.25) is 0 Å². The fourth-order valence-electron chi connectivity index (χ4n) is 10.6. The standard InChI is InChI=1S/C62H43NSi/c1-5-18-44(19-6-1)45-34-38-49(39-35-45)63(50-40-36-47(37-41-50)54-30-16-23-48-22-15-29-53(61(48)54)46-20-7-2-8-21-46)59-32-17-31-57-55(59)42-43-58-56-28-13-14-33-60(56)64(62(57)58,51-24-9-3-10-25-51)52-26-11-4-12-27-52/h1-43H. The molecule has 0 aliphatic carbocycles. The number of hydrogen-bond acceptors (Lipinski definition) is 1. The van der Waals surface area contributed by atoms with Gasteiger partial charge in [-0.15, -0.1) is 0 Å². The van der Waals surface area contributed by atoms with Crippen LogP contribution in [0.2, 0.25) is 0 Å². The molecule has 0 saturated carbocycles. The summed E-state index contributed by atoms with van der Waals surface area (Å²) in [5.74, 6) is 0. The van der Waals surface area contributed by atoms with Crippen molar-refractivity contribution in [3.63, 3.8) is 0 Å². The van der Waals surface area contributed by atoms with Crippen molar-refractivity contribution >= 4 is 67.4 Å². The molecule has 1 aliphatic heterocycles. The number of nitrogens with zero attached hydrogens (tertiary/aromatic N) is 1. The largest absolute Gasteiger partial charge is 0.310 e. The van der Waals surface area contributed by atoms with Crippen molar-refractivity contribution in [1.82, 2.24) is 0 Å². The molecular formula is C62H43NSi. The molecule has 2 heteroatoms. The zero-order chi connectivity index (χ0) is 42.5. The van der Waals surface area contributed by atoms with Crippen LogP contribution in [0.25, 0.3) is 66.1 Å². The maximum atomic E-state index is 2.46. The fraction of sp³-hybridized carbons (Fsp3) is 0. The highest BCUT2D eigenvalue weighted by atomic mass is 28.3. The van der Waals surface area contributed by atoms with Crippen LogP contribution in [-0.4, -0.2) is 8.07 Å². The van der Waals surface area contributed by atoms with E-state index in [0.717, 1.165) is 17.1 Å². The van der Waals surface area contributed by atoms with E-state index in [1.807, 2.05) is 0 Å². The third-order valence-electron chi connectivity index (χ3n) is 13.3. The minimum Gasteiger partial charge on any atom is -0.310 e. The molecule has 64 heavy (non-hydrogen) atoms. The molecule has 1 heterocycles. The maximum Gasteiger partial charge on any atom is 0.181 e. The lowest BCUT2D eigenvalue weighted by molar-refractivity contribution is 1.30. The first-order valence-corrected chi connectivity index (χ1v) is 24.2. The van der Waals surface area contributed by atoms with Gasteiger partial charge in [0.2, 0.25) is 0 Å². The monoisotopic (exact) mass is 829 g/mol. The Morgan fingerprint density at radius 3 is 1.36 bits per heavy atom. The van der Waals surface area contributed by atoms with Crippen molar-refractivity contribution in [2.45, 2.75) is 0 Å². The van der Waals surface area contributed by atoms with Crippen molar-refractivity contribution in [2.75, 3.05) is 4.90 Å². The Hall–Kier alpha value is -8.04. The van der Waals surface area contributed by atoms with Crippen LogP contribution in [0.1, 0.15) is 0 Å². The van der Waals surface area contributed by atoms with Gasteiger partial charge in [0.05, 0.1) is 5.69 Å². The van der Waals surface area contributed by atoms with Crippen LogP contribution in [0.3, 0.4) is 0 Å². The normalized spacial score (nSPS) is 12.5. The molecule has 0 fully saturated rings. The van der Waals surface area contributed by atoms with Crippen LogP contribution >= 0.6 is 0 Å². The van der Waals surface area contributed by atoms with Gasteiger partial charge < -0.3 is 4.90 Å². The summed E-state index contributed by atoms with van der Waals surface area (Å²) in [5.41, 5.74) is 13.3. The minimum atomic E-state index is -2.77. The number of rotatable bonds is 8. The average molecular weight is 830 g/mol. The van der Waals surface area contributed by atoms with E-state index in [2.05, 4.69) is 266 Å². The third-order valence-corrected chi connectivity index (χ3v) is 18.3. The predicted molar refractivity (Wildman–Crippen MR) is 275 cm³/mol. The van der Waals surface area contributed by atoms with Gasteiger partial charge in [0.25, 0.3) is 0 Å². The van der Waals surface area contributed by atoms with Crippen molar-refractivity contribution in [2.24, 2.45) is 0 Å². The Morgan fingerprint density at radius 1 is 0.281 bits per heavy atom. The van der Waals surface area contributed by atoms with Crippen molar-refractivity contribution < 1.29 is 0 Å². The maximum absolute atomic E-state index is 2.77. The summed E-state index contributed by atoms with van der Waals surface area (Å²) in [4.78, 5) is 2.46. The molecule has 0 bridgehead atoms. The quantitative estimate of drug-likeness (QED) is 0.138. The first-order valence-electron chi connectivity index (χ1n) is 22.2. The Morgan fingerprint density at radius 2 is 0.750 bits per heavy atom. The second-order valence-electron chi connectivity index (χ2n) is 16.8. The molecule has 1 nitrogen and oxygen atoms in total. The lowest BCUT2D eigenvalue weighted by Gasteiger charge is -2.33. The van der Waals surface area contributed by atoms with E-state index < -0.39 is 8.07 Å². The molecule has 0 radical (unpaired) electrons. The van der Waals surface area contributed by atoms with Crippen LogP contribution in [0.5, 0.6) is 0 Å². The van der Waals surface area contributed by atoms with E-state index in [4.69, 9.17) is 0 Å². The summed E-state index contributed by atoms with van der Waals surface area (Å²) in [6, 6.07) is 96.6. The molecule has 0 atom stereocenters. The first kappa shape index (κ1) is 37.7. The second-order valence-corrected chi connectivity index (χ2v) is 20.5. The summed E-state index contributed by atoms with van der Waals surface area (Å²) < 4.78 is 0. The zero-order valence-electron chi connectivity index (χ0n) is 35.3. The molecular weight excluding hydrogens is 787 g/mol. The molecule has 1 aliphatic rings. The van der Waals surface area contributed by atoms with E-state index in [1.54, 1.807) is 0 Å². The van der Waals surface area contributed by atoms with Crippen LogP contribution < -0.4 is 25.6 Å². The first-order chi connectivity index (χ1) is 31.8. The SMILES string of the molecule is c1ccc(-c2ccc(N(c3ccc(-c4cccc5cccc(-c6ccccc6)c45)cc3)c3cccc4c5c(ccc34)-c3ccccc3[Si]5(c3ccccc3)c3ccccc3)cc2)cc1. The molecule has 300 valence electrons. The highest BCUT2D eigenvalue weighted by molar-refractivity contribution is 7.23. The van der Waals surface area contributed by atoms with Crippen LogP contribution in [0.4, 0.5) is 17.1 Å². The fourth-order valence-corrected chi connectivity index (χ4v) is 16.0. The van der Waals surface area contributed by atoms with Gasteiger partial charge in [-0.1, -0.05) is 231 Å². The van der Waals surface area contributed by atoms with Crippen LogP contribution in [0.15, 0.2) is 261 Å². The molecule has 11 aromatic rings. The summed E-state index contributed by atoms with van der Waals surface area (Å²) >= 11 is 0. The van der Waals surface area contributed by atoms with E-state index in [-0.39, 0.29) is 0 Å². The molecule has 0 saturated heterocycles. The van der Waals surface area contributed by atoms with E-state index in [0.29, 0.717) is 0 Å². The van der Waals surface area contributed by atoms with E-state index in [9.17, 15) is 0 Å². The molecule has 0 spiro atoms. The molecule has 12 rings (SSSR count). The summed E-state index contributed by atoms with van der Waals surface area (Å²) in [6.45, 7) is 0. The topological polar surface area (TPSA) is 3.24 Å². The number of fused-ring (bicyclic) bond motifs is 6. The number of benzene rings is 11. The van der Waals surface area contributed by atoms with Gasteiger partial charge in [0.15, 0.2) is 8.07 Å². The molecule has 0 aromatic heterocycles. The van der Waals surface area contributed by atoms with E-state index in [1.165, 1.54) is 86.8 Å². The van der Waals surface area contributed by atoms with Gasteiger partial charge >= 0.3 is 0 Å². The van der Waals surface area contributed by atoms with E-state index >= 15 is 0 Å². The number of anilines is 3. The summed E-state index contributed by atoms with van der Waals surface area (Å²) in [6.07, 6.45) is 0. The smallest absolute Gasteiger partial charge is 0.181 e. The van der Waals surface area contributed by atoms with Gasteiger partial charge in [0, 0.05) is 16.8 Å². The van der Waals surface area contributed by atoms with Crippen LogP contribution in [0, 0.1) is 0 Å². The van der Waals surface area contributed by atoms with Crippen molar-refractivity contribution in [3.05, 3.63) is 261 Å². The Bertz CT molecular complexity index is 3410. The predicted octanol–water partition coefficient (Wildman–Crippen LogP) is 13.8. The van der Waals surface area contributed by atoms with Gasteiger partial charge in [0.1, 0.15) is 0 Å². The van der Waals surface area contributed by atoms with Gasteiger partial charge in [-0.25, -0.2) is 0 Å². The molecule has 0 N–H and O–H groups in total. The Kier molecular flexibility index (Phi) is 9.25. The summed E-state index contributed by atoms with van der Waals surface area (Å²) in [5, 5.41) is 10.8. The number of hydrogen-bond donors (Lipinski definition) is 0. The van der Waals surface area contributed by atoms with Crippen LogP contribution in [-0.2, 0) is 0 Å². The highest BCUT2D eigenvalue weighted by Crippen LogP contribution is 2.43. The average Bonchev–Trinajstić information content (AvgIpc) is 3.69. The Labute approximate surface area is 375 Å². The van der Waals surface area contributed by atoms with Crippen molar-refractivity contribution in [1.29, 1.82) is 0 Å². The molecule has 0 amide bonds. The van der Waals surface area contributed by atoms with Gasteiger partial charge in [-0.05, 0) is 112 Å². The second kappa shape index (κ2) is 15.7. The molecule has 11 aromatic carbocycles. The summed E-state index contributed by atoms with van der Waals surface area (Å²) in [7, 11) is -2.77.